The van der Waals surface area contributed by atoms with E-state index >= 15 is 0 Å². The van der Waals surface area contributed by atoms with E-state index in [-0.39, 0.29) is 0 Å². The van der Waals surface area contributed by atoms with Crippen molar-refractivity contribution in [3.05, 3.63) is 12.3 Å². The van der Waals surface area contributed by atoms with Crippen molar-refractivity contribution in [2.75, 3.05) is 11.5 Å². The highest BCUT2D eigenvalue weighted by molar-refractivity contribution is 7.99. The molecule has 12 heavy (non-hydrogen) atoms. The highest BCUT2D eigenvalue weighted by Crippen LogP contribution is 2.27. The number of rotatable bonds is 3. The lowest BCUT2D eigenvalue weighted by Gasteiger charge is -2.20. The molecule has 0 aromatic heterocycles. The topological polar surface area (TPSA) is 29.4 Å². The van der Waals surface area contributed by atoms with Gasteiger partial charge in [-0.15, -0.1) is 0 Å². The Morgan fingerprint density at radius 2 is 2.58 bits per heavy atom. The van der Waals surface area contributed by atoms with Crippen LogP contribution in [0.1, 0.15) is 19.3 Å². The number of nitrogens with zero attached hydrogens (tertiary/aromatic N) is 1. The lowest BCUT2D eigenvalue weighted by atomic mass is 10.0. The molecule has 3 heteroatoms. The van der Waals surface area contributed by atoms with Crippen molar-refractivity contribution >= 4 is 17.8 Å². The molecule has 1 rings (SSSR count). The third-order valence-corrected chi connectivity index (χ3v) is 3.27. The van der Waals surface area contributed by atoms with E-state index < -0.39 is 0 Å². The lowest BCUT2D eigenvalue weighted by molar-refractivity contribution is 0.516. The predicted octanol–water partition coefficient (Wildman–Crippen LogP) is 2.37. The Labute approximate surface area is 77.1 Å². The standard InChI is InChI=1S/C9H13NOS/c1-8(10-7-11)5-9-3-2-4-12-6-9/h9H,1-6H2. The molecule has 0 radical (unpaired) electrons. The van der Waals surface area contributed by atoms with Crippen molar-refractivity contribution in [1.29, 1.82) is 0 Å². The van der Waals surface area contributed by atoms with Crippen LogP contribution in [0.4, 0.5) is 0 Å². The average Bonchev–Trinajstić information content (AvgIpc) is 2.06. The molecular formula is C9H13NOS. The first-order valence-corrected chi connectivity index (χ1v) is 5.32. The van der Waals surface area contributed by atoms with Gasteiger partial charge in [0.2, 0.25) is 6.08 Å². The summed E-state index contributed by atoms with van der Waals surface area (Å²) in [5, 5.41) is 0. The van der Waals surface area contributed by atoms with E-state index in [9.17, 15) is 4.79 Å². The van der Waals surface area contributed by atoms with Gasteiger partial charge in [-0.25, -0.2) is 4.79 Å². The minimum absolute atomic E-state index is 0.674. The molecule has 0 spiro atoms. The van der Waals surface area contributed by atoms with Crippen LogP contribution in [0.3, 0.4) is 0 Å². The molecule has 1 atom stereocenters. The summed E-state index contributed by atoms with van der Waals surface area (Å²) >= 11 is 1.98. The van der Waals surface area contributed by atoms with Crippen molar-refractivity contribution in [2.24, 2.45) is 10.9 Å². The molecule has 0 N–H and O–H groups in total. The molecule has 0 aromatic carbocycles. The van der Waals surface area contributed by atoms with Gasteiger partial charge in [0.1, 0.15) is 0 Å². The van der Waals surface area contributed by atoms with Gasteiger partial charge in [-0.1, -0.05) is 6.58 Å². The number of hydrogen-bond donors (Lipinski definition) is 0. The maximum Gasteiger partial charge on any atom is 0.240 e. The number of thioether (sulfide) groups is 1. The molecule has 1 aliphatic rings. The summed E-state index contributed by atoms with van der Waals surface area (Å²) in [5.74, 6) is 3.14. The molecule has 1 unspecified atom stereocenters. The van der Waals surface area contributed by atoms with Crippen LogP contribution < -0.4 is 0 Å². The van der Waals surface area contributed by atoms with Gasteiger partial charge in [0, 0.05) is 5.70 Å². The minimum Gasteiger partial charge on any atom is -0.211 e. The molecule has 0 aromatic rings. The highest BCUT2D eigenvalue weighted by atomic mass is 32.2. The lowest BCUT2D eigenvalue weighted by Crippen LogP contribution is -2.10. The van der Waals surface area contributed by atoms with Crippen molar-refractivity contribution in [2.45, 2.75) is 19.3 Å². The molecule has 0 bridgehead atoms. The largest absolute Gasteiger partial charge is 0.240 e. The summed E-state index contributed by atoms with van der Waals surface area (Å²) in [7, 11) is 0. The fraction of sp³-hybridized carbons (Fsp3) is 0.667. The van der Waals surface area contributed by atoms with Crippen LogP contribution in [0.25, 0.3) is 0 Å². The van der Waals surface area contributed by atoms with Crippen LogP contribution in [-0.2, 0) is 4.79 Å². The first-order valence-electron chi connectivity index (χ1n) is 4.16. The zero-order valence-corrected chi connectivity index (χ0v) is 7.90. The van der Waals surface area contributed by atoms with Gasteiger partial charge in [0.05, 0.1) is 0 Å². The summed E-state index contributed by atoms with van der Waals surface area (Å²) in [6, 6.07) is 0. The van der Waals surface area contributed by atoms with Crippen LogP contribution >= 0.6 is 11.8 Å². The number of isocyanates is 1. The second-order valence-corrected chi connectivity index (χ2v) is 4.21. The summed E-state index contributed by atoms with van der Waals surface area (Å²) < 4.78 is 0. The Morgan fingerprint density at radius 1 is 1.75 bits per heavy atom. The van der Waals surface area contributed by atoms with Crippen molar-refractivity contribution in [1.82, 2.24) is 0 Å². The zero-order valence-electron chi connectivity index (χ0n) is 7.08. The Balaban J connectivity index is 2.29. The molecule has 1 heterocycles. The molecule has 1 aliphatic heterocycles. The van der Waals surface area contributed by atoms with E-state index in [4.69, 9.17) is 0 Å². The highest BCUT2D eigenvalue weighted by Gasteiger charge is 2.14. The van der Waals surface area contributed by atoms with Crippen LogP contribution in [0.15, 0.2) is 17.3 Å². The minimum atomic E-state index is 0.674. The van der Waals surface area contributed by atoms with Crippen LogP contribution in [0.5, 0.6) is 0 Å². The monoisotopic (exact) mass is 183 g/mol. The Hall–Kier alpha value is -0.530. The van der Waals surface area contributed by atoms with Gasteiger partial charge in [0.15, 0.2) is 0 Å². The Bertz CT molecular complexity index is 203. The van der Waals surface area contributed by atoms with Gasteiger partial charge in [-0.05, 0) is 36.7 Å². The summed E-state index contributed by atoms with van der Waals surface area (Å²) in [5.41, 5.74) is 0.678. The molecule has 1 fully saturated rings. The quantitative estimate of drug-likeness (QED) is 0.496. The maximum atomic E-state index is 9.90. The van der Waals surface area contributed by atoms with E-state index in [1.54, 1.807) is 0 Å². The number of carbonyl (C=O) groups excluding carboxylic acids is 1. The summed E-state index contributed by atoms with van der Waals surface area (Å²) in [6.45, 7) is 3.70. The SMILES string of the molecule is C=C(CC1CCCSC1)N=C=O. The molecule has 66 valence electrons. The van der Waals surface area contributed by atoms with Gasteiger partial charge >= 0.3 is 0 Å². The fourth-order valence-corrected chi connectivity index (χ4v) is 2.57. The number of hydrogen-bond acceptors (Lipinski definition) is 3. The average molecular weight is 183 g/mol. The number of aliphatic imine (C=N–C) groups is 1. The van der Waals surface area contributed by atoms with Gasteiger partial charge in [-0.3, -0.25) is 0 Å². The second kappa shape index (κ2) is 5.18. The van der Waals surface area contributed by atoms with Crippen LogP contribution in [0.2, 0.25) is 0 Å². The summed E-state index contributed by atoms with van der Waals surface area (Å²) in [4.78, 5) is 13.4. The molecule has 0 saturated carbocycles. The normalized spacial score (nSPS) is 22.8. The van der Waals surface area contributed by atoms with E-state index in [2.05, 4.69) is 11.6 Å². The fourth-order valence-electron chi connectivity index (χ4n) is 1.41. The molecule has 2 nitrogen and oxygen atoms in total. The van der Waals surface area contributed by atoms with Crippen molar-refractivity contribution in [3.8, 4) is 0 Å². The van der Waals surface area contributed by atoms with Crippen LogP contribution in [-0.4, -0.2) is 17.6 Å². The second-order valence-electron chi connectivity index (χ2n) is 3.06. The van der Waals surface area contributed by atoms with E-state index in [0.717, 1.165) is 6.42 Å². The molecular weight excluding hydrogens is 170 g/mol. The molecule has 0 aliphatic carbocycles. The van der Waals surface area contributed by atoms with Gasteiger partial charge < -0.3 is 0 Å². The Morgan fingerprint density at radius 3 is 3.17 bits per heavy atom. The smallest absolute Gasteiger partial charge is 0.211 e. The predicted molar refractivity (Wildman–Crippen MR) is 51.9 cm³/mol. The first-order chi connectivity index (χ1) is 5.83. The van der Waals surface area contributed by atoms with E-state index in [0.29, 0.717) is 11.6 Å². The van der Waals surface area contributed by atoms with Crippen LogP contribution in [0, 0.1) is 5.92 Å². The van der Waals surface area contributed by atoms with Crippen molar-refractivity contribution < 1.29 is 4.79 Å². The van der Waals surface area contributed by atoms with Gasteiger partial charge in [-0.2, -0.15) is 16.8 Å². The Kier molecular flexibility index (Phi) is 4.12. The maximum absolute atomic E-state index is 9.90. The zero-order chi connectivity index (χ0) is 8.81. The van der Waals surface area contributed by atoms with Crippen molar-refractivity contribution in [3.63, 3.8) is 0 Å². The third-order valence-electron chi connectivity index (χ3n) is 1.98. The first kappa shape index (κ1) is 9.56. The van der Waals surface area contributed by atoms with Gasteiger partial charge in [0.25, 0.3) is 0 Å². The third kappa shape index (κ3) is 3.24. The molecule has 0 amide bonds. The van der Waals surface area contributed by atoms with E-state index in [1.807, 2.05) is 11.8 Å². The molecule has 1 saturated heterocycles. The van der Waals surface area contributed by atoms with E-state index in [1.165, 1.54) is 30.4 Å². The summed E-state index contributed by atoms with van der Waals surface area (Å²) in [6.07, 6.45) is 4.92. The number of allylic oxidation sites excluding steroid dienone is 1.